The molecule has 0 N–H and O–H groups in total. The fourth-order valence-corrected chi connectivity index (χ4v) is 5.13. The molecular weight excluding hydrogens is 480 g/mol. The predicted molar refractivity (Wildman–Crippen MR) is 138 cm³/mol. The van der Waals surface area contributed by atoms with Crippen LogP contribution in [0.3, 0.4) is 0 Å². The van der Waals surface area contributed by atoms with Crippen molar-refractivity contribution in [3.8, 4) is 0 Å². The molecular formula is C30H32SiZr. The third kappa shape index (κ3) is 5.08. The summed E-state index contributed by atoms with van der Waals surface area (Å²) < 4.78 is 0. The van der Waals surface area contributed by atoms with Crippen molar-refractivity contribution in [2.75, 3.05) is 0 Å². The molecule has 2 atom stereocenters. The Labute approximate surface area is 211 Å². The Morgan fingerprint density at radius 1 is 0.688 bits per heavy atom. The van der Waals surface area contributed by atoms with E-state index in [1.165, 1.54) is 44.5 Å². The zero-order valence-corrected chi connectivity index (χ0v) is 23.7. The molecule has 0 fully saturated rings. The molecule has 0 nitrogen and oxygen atoms in total. The van der Waals surface area contributed by atoms with Crippen molar-refractivity contribution in [2.45, 2.75) is 46.5 Å². The quantitative estimate of drug-likeness (QED) is 0.253. The predicted octanol–water partition coefficient (Wildman–Crippen LogP) is 7.17. The van der Waals surface area contributed by atoms with Gasteiger partial charge in [0.05, 0.1) is 0 Å². The third-order valence-electron chi connectivity index (χ3n) is 6.51. The van der Waals surface area contributed by atoms with Crippen LogP contribution in [-0.4, -0.2) is 6.88 Å². The zero-order valence-electron chi connectivity index (χ0n) is 19.9. The second kappa shape index (κ2) is 11.4. The molecule has 0 saturated carbocycles. The Bertz CT molecular complexity index is 1030. The van der Waals surface area contributed by atoms with Crippen LogP contribution in [0.2, 0.25) is 0 Å². The Kier molecular flexibility index (Phi) is 8.86. The number of rotatable bonds is 2. The monoisotopic (exact) mass is 510 g/mol. The average Bonchev–Trinajstić information content (AvgIpc) is 3.34. The standard InChI is InChI=1S/C24H25.C6H5.H2Si.Zr/c1-14-8-6-10-19-21(14)12-16(3)23(19)18(5)24-17(4)13-22-15(2)9-7-11-20(22)24;1-2-4-6-5-3-1;;/h6-13,23-24H,1-5H3;1-5H;1H2;/q2*-1;;+2. The minimum absolute atomic E-state index is 0.444. The minimum atomic E-state index is 0.444. The molecule has 0 heterocycles. The van der Waals surface area contributed by atoms with Crippen LogP contribution in [0.1, 0.15) is 66.0 Å². The molecule has 5 rings (SSSR count). The van der Waals surface area contributed by atoms with E-state index in [9.17, 15) is 0 Å². The number of hydrogen-bond acceptors (Lipinski definition) is 0. The molecule has 0 spiro atoms. The zero-order chi connectivity index (χ0) is 23.3. The maximum absolute atomic E-state index is 2.89. The summed E-state index contributed by atoms with van der Waals surface area (Å²) in [5.41, 5.74) is 11.6. The molecule has 2 unspecified atom stereocenters. The topological polar surface area (TPSA) is 0 Å². The first-order valence-electron chi connectivity index (χ1n) is 11.1. The van der Waals surface area contributed by atoms with Crippen molar-refractivity contribution in [3.63, 3.8) is 0 Å². The fraction of sp³-hybridized carbons (Fsp3) is 0.233. The van der Waals surface area contributed by atoms with Gasteiger partial charge in [0.1, 0.15) is 0 Å². The number of aryl methyl sites for hydroxylation is 2. The van der Waals surface area contributed by atoms with E-state index in [2.05, 4.69) is 89.2 Å². The summed E-state index contributed by atoms with van der Waals surface area (Å²) in [6.45, 7) is 13.3. The van der Waals surface area contributed by atoms with Gasteiger partial charge >= 0.3 is 30.2 Å². The van der Waals surface area contributed by atoms with Crippen molar-refractivity contribution in [3.05, 3.63) is 123 Å². The van der Waals surface area contributed by atoms with Crippen molar-refractivity contribution >= 4 is 19.0 Å². The van der Waals surface area contributed by atoms with Crippen LogP contribution in [0.4, 0.5) is 0 Å². The Balaban J connectivity index is 0.000000309. The molecule has 0 saturated heterocycles. The second-order valence-electron chi connectivity index (χ2n) is 8.62. The first kappa shape index (κ1) is 24.9. The van der Waals surface area contributed by atoms with Gasteiger partial charge in [-0.05, 0) is 49.9 Å². The average molecular weight is 512 g/mol. The largest absolute Gasteiger partial charge is 0.184 e. The molecule has 0 aliphatic heterocycles. The smallest absolute Gasteiger partial charge is 0.171 e. The van der Waals surface area contributed by atoms with Gasteiger partial charge in [-0.15, -0.1) is 11.8 Å². The molecule has 2 aliphatic rings. The number of fused-ring (bicyclic) bond motifs is 2. The molecule has 3 aromatic rings. The molecule has 0 radical (unpaired) electrons. The van der Waals surface area contributed by atoms with Crippen LogP contribution < -0.4 is 0 Å². The van der Waals surface area contributed by atoms with Crippen molar-refractivity contribution in [1.29, 1.82) is 0 Å². The number of allylic oxidation sites excluding steroid dienone is 2. The van der Waals surface area contributed by atoms with Crippen LogP contribution >= 0.6 is 0 Å². The first-order chi connectivity index (χ1) is 15.5. The van der Waals surface area contributed by atoms with E-state index in [-0.39, 0.29) is 0 Å². The van der Waals surface area contributed by atoms with Gasteiger partial charge in [0.2, 0.25) is 0 Å². The summed E-state index contributed by atoms with van der Waals surface area (Å²) >= 11 is 1.58. The third-order valence-corrected chi connectivity index (χ3v) is 6.51. The minimum Gasteiger partial charge on any atom is -0.184 e. The van der Waals surface area contributed by atoms with Gasteiger partial charge in [-0.2, -0.15) is 43.3 Å². The van der Waals surface area contributed by atoms with Gasteiger partial charge in [0.25, 0.3) is 0 Å². The Morgan fingerprint density at radius 2 is 1.12 bits per heavy atom. The number of benzene rings is 3. The Morgan fingerprint density at radius 3 is 1.47 bits per heavy atom. The summed E-state index contributed by atoms with van der Waals surface area (Å²) in [4.78, 5) is 0. The van der Waals surface area contributed by atoms with Crippen molar-refractivity contribution in [2.24, 2.45) is 0 Å². The van der Waals surface area contributed by atoms with E-state index in [0.29, 0.717) is 11.8 Å². The van der Waals surface area contributed by atoms with Gasteiger partial charge in [-0.25, -0.2) is 0 Å². The molecule has 2 heteroatoms. The van der Waals surface area contributed by atoms with E-state index in [0.717, 1.165) is 0 Å². The van der Waals surface area contributed by atoms with Gasteiger partial charge in [0.15, 0.2) is 0 Å². The molecule has 32 heavy (non-hydrogen) atoms. The SMILES string of the molecule is CC1=Cc2c(C)cccc2C1[C-](C)C1C(C)=Cc2c(C)cccc21.[SiH2]=[Zr+2].[c-]1ccccc1. The van der Waals surface area contributed by atoms with Crippen molar-refractivity contribution < 1.29 is 23.3 Å². The van der Waals surface area contributed by atoms with Gasteiger partial charge < -0.3 is 0 Å². The van der Waals surface area contributed by atoms with Crippen LogP contribution in [0, 0.1) is 25.8 Å². The van der Waals surface area contributed by atoms with Crippen LogP contribution in [0.25, 0.3) is 12.2 Å². The van der Waals surface area contributed by atoms with E-state index in [1.807, 2.05) is 37.2 Å². The molecule has 0 bridgehead atoms. The van der Waals surface area contributed by atoms with E-state index in [4.69, 9.17) is 0 Å². The summed E-state index contributed by atoms with van der Waals surface area (Å²) in [7, 11) is 0. The summed E-state index contributed by atoms with van der Waals surface area (Å²) in [5, 5.41) is 0. The van der Waals surface area contributed by atoms with Gasteiger partial charge in [-0.1, -0.05) is 70.8 Å². The molecule has 0 amide bonds. The van der Waals surface area contributed by atoms with Crippen LogP contribution in [0.15, 0.2) is 77.9 Å². The van der Waals surface area contributed by atoms with Gasteiger partial charge in [-0.3, -0.25) is 5.92 Å². The molecule has 2 aliphatic carbocycles. The van der Waals surface area contributed by atoms with Crippen LogP contribution in [0.5, 0.6) is 0 Å². The summed E-state index contributed by atoms with van der Waals surface area (Å²) in [6.07, 6.45) is 4.79. The molecule has 160 valence electrons. The fourth-order valence-electron chi connectivity index (χ4n) is 5.13. The number of hydrogen-bond donors (Lipinski definition) is 0. The second-order valence-corrected chi connectivity index (χ2v) is 8.62. The van der Waals surface area contributed by atoms with Gasteiger partial charge in [0, 0.05) is 0 Å². The normalized spacial score (nSPS) is 17.9. The van der Waals surface area contributed by atoms with Crippen LogP contribution in [-0.2, 0) is 23.3 Å². The van der Waals surface area contributed by atoms with Crippen molar-refractivity contribution in [1.82, 2.24) is 0 Å². The van der Waals surface area contributed by atoms with E-state index < -0.39 is 0 Å². The summed E-state index contributed by atoms with van der Waals surface area (Å²) in [6, 6.07) is 26.0. The van der Waals surface area contributed by atoms with E-state index in [1.54, 1.807) is 29.3 Å². The Hall–Kier alpha value is -1.76. The molecule has 0 aromatic heterocycles. The first-order valence-corrected chi connectivity index (χ1v) is 17.1. The summed E-state index contributed by atoms with van der Waals surface area (Å²) in [5.74, 6) is 2.45. The maximum atomic E-state index is 2.89. The molecule has 3 aromatic carbocycles. The van der Waals surface area contributed by atoms with E-state index >= 15 is 0 Å². The maximum Gasteiger partial charge on any atom is -0.171 e.